The maximum Gasteiger partial charge on any atom is 0.255 e. The van der Waals surface area contributed by atoms with Crippen LogP contribution in [0.2, 0.25) is 5.02 Å². The molecule has 0 aromatic heterocycles. The Morgan fingerprint density at radius 3 is 2.80 bits per heavy atom. The molecular formula is C16H23ClN2O. The van der Waals surface area contributed by atoms with Crippen molar-refractivity contribution in [2.24, 2.45) is 5.92 Å². The van der Waals surface area contributed by atoms with Crippen LogP contribution in [0.5, 0.6) is 0 Å². The van der Waals surface area contributed by atoms with Gasteiger partial charge in [-0.3, -0.25) is 4.79 Å². The van der Waals surface area contributed by atoms with Gasteiger partial charge in [0.1, 0.15) is 0 Å². The van der Waals surface area contributed by atoms with Crippen molar-refractivity contribution < 1.29 is 4.79 Å². The molecule has 0 radical (unpaired) electrons. The summed E-state index contributed by atoms with van der Waals surface area (Å²) < 4.78 is 0. The number of nitrogens with zero attached hydrogens (tertiary/aromatic N) is 1. The summed E-state index contributed by atoms with van der Waals surface area (Å²) in [5.41, 5.74) is 1.48. The Balaban J connectivity index is 2.19. The van der Waals surface area contributed by atoms with Gasteiger partial charge in [0.2, 0.25) is 0 Å². The second kappa shape index (κ2) is 6.49. The molecule has 1 aromatic rings. The maximum absolute atomic E-state index is 12.7. The van der Waals surface area contributed by atoms with E-state index in [2.05, 4.69) is 12.2 Å². The fourth-order valence-electron chi connectivity index (χ4n) is 3.02. The van der Waals surface area contributed by atoms with E-state index in [0.717, 1.165) is 18.5 Å². The molecule has 0 bridgehead atoms. The standard InChI is InChI=1S/C16H23ClN2O/c1-11-5-4-6-13(9-11)19(3)16(20)14-10-12(17)7-8-15(14)18-2/h7-8,10-11,13,18H,4-6,9H2,1-3H3. The second-order valence-corrected chi connectivity index (χ2v) is 6.22. The molecule has 1 aromatic carbocycles. The van der Waals surface area contributed by atoms with Crippen LogP contribution in [0.15, 0.2) is 18.2 Å². The highest BCUT2D eigenvalue weighted by molar-refractivity contribution is 6.31. The Labute approximate surface area is 126 Å². The fraction of sp³-hybridized carbons (Fsp3) is 0.562. The van der Waals surface area contributed by atoms with Crippen LogP contribution in [-0.2, 0) is 0 Å². The number of nitrogens with one attached hydrogen (secondary N) is 1. The molecule has 2 unspecified atom stereocenters. The minimum absolute atomic E-state index is 0.0518. The third kappa shape index (κ3) is 3.26. The van der Waals surface area contributed by atoms with Crippen LogP contribution in [0.25, 0.3) is 0 Å². The highest BCUT2D eigenvalue weighted by Crippen LogP contribution is 2.29. The maximum atomic E-state index is 12.7. The molecule has 110 valence electrons. The van der Waals surface area contributed by atoms with Crippen molar-refractivity contribution in [3.05, 3.63) is 28.8 Å². The van der Waals surface area contributed by atoms with Crippen molar-refractivity contribution in [1.82, 2.24) is 4.90 Å². The molecule has 1 saturated carbocycles. The quantitative estimate of drug-likeness (QED) is 0.913. The fourth-order valence-corrected chi connectivity index (χ4v) is 3.19. The van der Waals surface area contributed by atoms with E-state index in [-0.39, 0.29) is 5.91 Å². The first-order valence-corrected chi connectivity index (χ1v) is 7.65. The molecule has 1 amide bonds. The van der Waals surface area contributed by atoms with Gasteiger partial charge in [-0.05, 0) is 37.0 Å². The summed E-state index contributed by atoms with van der Waals surface area (Å²) in [6, 6.07) is 5.74. The van der Waals surface area contributed by atoms with Crippen LogP contribution in [0, 0.1) is 5.92 Å². The van der Waals surface area contributed by atoms with Crippen LogP contribution < -0.4 is 5.32 Å². The van der Waals surface area contributed by atoms with E-state index in [1.165, 1.54) is 12.8 Å². The van der Waals surface area contributed by atoms with Gasteiger partial charge >= 0.3 is 0 Å². The molecule has 1 N–H and O–H groups in total. The number of halogens is 1. The van der Waals surface area contributed by atoms with E-state index < -0.39 is 0 Å². The molecule has 1 fully saturated rings. The van der Waals surface area contributed by atoms with Crippen molar-refractivity contribution in [2.75, 3.05) is 19.4 Å². The Morgan fingerprint density at radius 1 is 1.40 bits per heavy atom. The van der Waals surface area contributed by atoms with Crippen LogP contribution in [0.1, 0.15) is 43.0 Å². The number of anilines is 1. The van der Waals surface area contributed by atoms with Gasteiger partial charge in [0.15, 0.2) is 0 Å². The largest absolute Gasteiger partial charge is 0.387 e. The van der Waals surface area contributed by atoms with Gasteiger partial charge in [-0.2, -0.15) is 0 Å². The molecule has 2 atom stereocenters. The predicted molar refractivity (Wildman–Crippen MR) is 84.5 cm³/mol. The molecule has 0 heterocycles. The highest BCUT2D eigenvalue weighted by Gasteiger charge is 2.27. The zero-order valence-electron chi connectivity index (χ0n) is 12.4. The lowest BCUT2D eigenvalue weighted by atomic mass is 9.86. The molecule has 20 heavy (non-hydrogen) atoms. The summed E-state index contributed by atoms with van der Waals surface area (Å²) in [6.07, 6.45) is 4.68. The summed E-state index contributed by atoms with van der Waals surface area (Å²) in [5.74, 6) is 0.753. The van der Waals surface area contributed by atoms with Crippen molar-refractivity contribution in [3.8, 4) is 0 Å². The number of rotatable bonds is 3. The van der Waals surface area contributed by atoms with Crippen molar-refractivity contribution in [2.45, 2.75) is 38.6 Å². The van der Waals surface area contributed by atoms with E-state index in [4.69, 9.17) is 11.6 Å². The lowest BCUT2D eigenvalue weighted by Gasteiger charge is -2.34. The first-order valence-electron chi connectivity index (χ1n) is 7.27. The molecule has 1 aliphatic carbocycles. The van der Waals surface area contributed by atoms with E-state index in [1.807, 2.05) is 25.1 Å². The van der Waals surface area contributed by atoms with Crippen LogP contribution in [0.4, 0.5) is 5.69 Å². The molecular weight excluding hydrogens is 272 g/mol. The summed E-state index contributed by atoms with van der Waals surface area (Å²) in [4.78, 5) is 14.6. The SMILES string of the molecule is CNc1ccc(Cl)cc1C(=O)N(C)C1CCCC(C)C1. The van der Waals surface area contributed by atoms with Gasteiger partial charge in [0, 0.05) is 30.8 Å². The summed E-state index contributed by atoms with van der Waals surface area (Å²) in [5, 5.41) is 3.66. The van der Waals surface area contributed by atoms with Gasteiger partial charge in [0.25, 0.3) is 5.91 Å². The normalized spacial score (nSPS) is 22.4. The molecule has 2 rings (SSSR count). The van der Waals surface area contributed by atoms with Gasteiger partial charge in [-0.25, -0.2) is 0 Å². The first-order chi connectivity index (χ1) is 9.52. The zero-order chi connectivity index (χ0) is 14.7. The number of hydrogen-bond donors (Lipinski definition) is 1. The molecule has 0 saturated heterocycles. The number of carbonyl (C=O) groups is 1. The smallest absolute Gasteiger partial charge is 0.255 e. The van der Waals surface area contributed by atoms with Crippen molar-refractivity contribution in [3.63, 3.8) is 0 Å². The molecule has 4 heteroatoms. The van der Waals surface area contributed by atoms with Crippen LogP contribution in [0.3, 0.4) is 0 Å². The number of carbonyl (C=O) groups excluding carboxylic acids is 1. The number of benzene rings is 1. The lowest BCUT2D eigenvalue weighted by Crippen LogP contribution is -2.40. The second-order valence-electron chi connectivity index (χ2n) is 5.78. The number of hydrogen-bond acceptors (Lipinski definition) is 2. The van der Waals surface area contributed by atoms with E-state index in [9.17, 15) is 4.79 Å². The van der Waals surface area contributed by atoms with Gasteiger partial charge < -0.3 is 10.2 Å². The van der Waals surface area contributed by atoms with Gasteiger partial charge in [-0.1, -0.05) is 31.4 Å². The number of amides is 1. The minimum Gasteiger partial charge on any atom is -0.387 e. The predicted octanol–water partition coefficient (Wildman–Crippen LogP) is 4.03. The van der Waals surface area contributed by atoms with Gasteiger partial charge in [0.05, 0.1) is 5.56 Å². The molecule has 0 spiro atoms. The monoisotopic (exact) mass is 294 g/mol. The average Bonchev–Trinajstić information content (AvgIpc) is 2.45. The lowest BCUT2D eigenvalue weighted by molar-refractivity contribution is 0.0673. The molecule has 3 nitrogen and oxygen atoms in total. The summed E-state index contributed by atoms with van der Waals surface area (Å²) >= 11 is 6.03. The van der Waals surface area contributed by atoms with E-state index in [0.29, 0.717) is 22.5 Å². The summed E-state index contributed by atoms with van der Waals surface area (Å²) in [6.45, 7) is 2.27. The molecule has 1 aliphatic rings. The van der Waals surface area contributed by atoms with Gasteiger partial charge in [-0.15, -0.1) is 0 Å². The third-order valence-corrected chi connectivity index (χ3v) is 4.49. The van der Waals surface area contributed by atoms with E-state index >= 15 is 0 Å². The topological polar surface area (TPSA) is 32.3 Å². The third-order valence-electron chi connectivity index (χ3n) is 4.26. The van der Waals surface area contributed by atoms with Crippen molar-refractivity contribution >= 4 is 23.2 Å². The van der Waals surface area contributed by atoms with Crippen LogP contribution in [-0.4, -0.2) is 30.9 Å². The van der Waals surface area contributed by atoms with Crippen molar-refractivity contribution in [1.29, 1.82) is 0 Å². The van der Waals surface area contributed by atoms with Crippen LogP contribution >= 0.6 is 11.6 Å². The average molecular weight is 295 g/mol. The Morgan fingerprint density at radius 2 is 2.15 bits per heavy atom. The highest BCUT2D eigenvalue weighted by atomic mass is 35.5. The first kappa shape index (κ1) is 15.2. The Kier molecular flexibility index (Phi) is 4.92. The summed E-state index contributed by atoms with van der Waals surface area (Å²) in [7, 11) is 3.73. The molecule has 0 aliphatic heterocycles. The Bertz CT molecular complexity index is 489. The van der Waals surface area contributed by atoms with E-state index in [1.54, 1.807) is 12.1 Å². The zero-order valence-corrected chi connectivity index (χ0v) is 13.2. The Hall–Kier alpha value is -1.22. The minimum atomic E-state index is 0.0518.